The molecule has 2 amide bonds. The van der Waals surface area contributed by atoms with Crippen molar-refractivity contribution in [2.45, 2.75) is 19.1 Å². The van der Waals surface area contributed by atoms with E-state index in [4.69, 9.17) is 10.5 Å². The number of primary amides is 1. The molecule has 9 heteroatoms. The van der Waals surface area contributed by atoms with Crippen LogP contribution in [-0.2, 0) is 33.4 Å². The molecule has 0 saturated heterocycles. The molecule has 0 bridgehead atoms. The molecule has 0 radical (unpaired) electrons. The molecule has 0 heterocycles. The molecule has 0 saturated carbocycles. The zero-order valence-electron chi connectivity index (χ0n) is 15.6. The zero-order valence-corrected chi connectivity index (χ0v) is 15.6. The minimum Gasteiger partial charge on any atom is -0.468 e. The molecule has 27 heavy (non-hydrogen) atoms. The van der Waals surface area contributed by atoms with Gasteiger partial charge in [0.15, 0.2) is 12.0 Å². The Morgan fingerprint density at radius 1 is 0.963 bits per heavy atom. The summed E-state index contributed by atoms with van der Waals surface area (Å²) in [7, 11) is 3.53. The lowest BCUT2D eigenvalue weighted by atomic mass is 9.86. The number of amides is 2. The second-order valence-corrected chi connectivity index (χ2v) is 5.80. The summed E-state index contributed by atoms with van der Waals surface area (Å²) in [6, 6.07) is 7.27. The largest absolute Gasteiger partial charge is 0.468 e. The first-order chi connectivity index (χ1) is 12.8. The van der Waals surface area contributed by atoms with Crippen LogP contribution in [0.4, 0.5) is 0 Å². The number of carbonyl (C=O) groups excluding carboxylic acids is 4. The van der Waals surface area contributed by atoms with Crippen LogP contribution in [0.25, 0.3) is 0 Å². The molecule has 0 aliphatic heterocycles. The molecule has 0 fully saturated rings. The Bertz CT molecular complexity index is 662. The van der Waals surface area contributed by atoms with Gasteiger partial charge < -0.3 is 25.3 Å². The number of carbonyl (C=O) groups is 4. The number of hydrogen-bond acceptors (Lipinski definition) is 7. The Morgan fingerprint density at radius 3 is 1.89 bits per heavy atom. The van der Waals surface area contributed by atoms with Crippen molar-refractivity contribution >= 4 is 23.8 Å². The minimum absolute atomic E-state index is 0.561. The standard InChI is InChI=1S/C18H24N2O7/c1-10(12(17(23)26-3)18(24)27-4)13(15(19)21)20-16(22)14(25-2)11-8-6-5-7-9-11/h5-10,12-14H,1-4H3,(H2,19,21)(H,20,22)/t10-,13+,14-/m0/s1. The van der Waals surface area contributed by atoms with Crippen LogP contribution >= 0.6 is 0 Å². The number of esters is 2. The van der Waals surface area contributed by atoms with Gasteiger partial charge in [-0.05, 0) is 5.56 Å². The topological polar surface area (TPSA) is 134 Å². The van der Waals surface area contributed by atoms with Crippen LogP contribution in [0.3, 0.4) is 0 Å². The highest BCUT2D eigenvalue weighted by Crippen LogP contribution is 2.22. The summed E-state index contributed by atoms with van der Waals surface area (Å²) in [5, 5.41) is 2.45. The van der Waals surface area contributed by atoms with E-state index in [9.17, 15) is 19.2 Å². The predicted octanol–water partition coefficient (Wildman–Crippen LogP) is -0.0575. The van der Waals surface area contributed by atoms with Gasteiger partial charge in [-0.1, -0.05) is 37.3 Å². The van der Waals surface area contributed by atoms with Crippen LogP contribution < -0.4 is 11.1 Å². The van der Waals surface area contributed by atoms with Gasteiger partial charge in [-0.3, -0.25) is 19.2 Å². The number of nitrogens with two attached hydrogens (primary N) is 1. The molecule has 0 spiro atoms. The SMILES string of the molecule is COC(=O)C(C(=O)OC)[C@H](C)[C@@H](NC(=O)[C@@H](OC)c1ccccc1)C(N)=O. The van der Waals surface area contributed by atoms with Crippen LogP contribution in [0, 0.1) is 11.8 Å². The van der Waals surface area contributed by atoms with E-state index in [1.807, 2.05) is 0 Å². The molecule has 0 aliphatic carbocycles. The number of rotatable bonds is 9. The van der Waals surface area contributed by atoms with E-state index in [1.165, 1.54) is 14.0 Å². The highest BCUT2D eigenvalue weighted by atomic mass is 16.5. The van der Waals surface area contributed by atoms with E-state index in [1.54, 1.807) is 30.3 Å². The van der Waals surface area contributed by atoms with Crippen molar-refractivity contribution in [3.05, 3.63) is 35.9 Å². The van der Waals surface area contributed by atoms with Gasteiger partial charge in [-0.15, -0.1) is 0 Å². The third-order valence-corrected chi connectivity index (χ3v) is 4.14. The van der Waals surface area contributed by atoms with Gasteiger partial charge in [-0.25, -0.2) is 0 Å². The van der Waals surface area contributed by atoms with E-state index < -0.39 is 47.7 Å². The molecule has 0 aromatic heterocycles. The smallest absolute Gasteiger partial charge is 0.320 e. The molecule has 1 rings (SSSR count). The molecule has 1 aromatic carbocycles. The maximum absolute atomic E-state index is 12.6. The average molecular weight is 380 g/mol. The average Bonchev–Trinajstić information content (AvgIpc) is 2.66. The fourth-order valence-corrected chi connectivity index (χ4v) is 2.68. The van der Waals surface area contributed by atoms with Gasteiger partial charge in [-0.2, -0.15) is 0 Å². The van der Waals surface area contributed by atoms with Gasteiger partial charge in [0, 0.05) is 13.0 Å². The van der Waals surface area contributed by atoms with Crippen LogP contribution in [0.1, 0.15) is 18.6 Å². The van der Waals surface area contributed by atoms with Crippen molar-refractivity contribution in [3.63, 3.8) is 0 Å². The van der Waals surface area contributed by atoms with Gasteiger partial charge in [0.1, 0.15) is 6.04 Å². The number of nitrogens with one attached hydrogen (secondary N) is 1. The fourth-order valence-electron chi connectivity index (χ4n) is 2.68. The van der Waals surface area contributed by atoms with E-state index in [2.05, 4.69) is 14.8 Å². The number of methoxy groups -OCH3 is 3. The first kappa shape index (κ1) is 22.1. The van der Waals surface area contributed by atoms with Gasteiger partial charge >= 0.3 is 11.9 Å². The van der Waals surface area contributed by atoms with Crippen molar-refractivity contribution in [1.82, 2.24) is 5.32 Å². The summed E-state index contributed by atoms with van der Waals surface area (Å²) in [6.07, 6.45) is -1.00. The third kappa shape index (κ3) is 5.52. The van der Waals surface area contributed by atoms with E-state index >= 15 is 0 Å². The Morgan fingerprint density at radius 2 is 1.48 bits per heavy atom. The maximum atomic E-state index is 12.6. The molecule has 148 valence electrons. The summed E-state index contributed by atoms with van der Waals surface area (Å²) >= 11 is 0. The second-order valence-electron chi connectivity index (χ2n) is 5.80. The molecular formula is C18H24N2O7. The normalized spacial score (nSPS) is 14.0. The van der Waals surface area contributed by atoms with Crippen molar-refractivity contribution in [1.29, 1.82) is 0 Å². The zero-order chi connectivity index (χ0) is 20.6. The summed E-state index contributed by atoms with van der Waals surface area (Å²) < 4.78 is 14.4. The van der Waals surface area contributed by atoms with E-state index in [0.717, 1.165) is 14.2 Å². The van der Waals surface area contributed by atoms with Crippen LogP contribution in [0.15, 0.2) is 30.3 Å². The molecule has 3 N–H and O–H groups in total. The lowest BCUT2D eigenvalue weighted by Crippen LogP contribution is -2.53. The monoisotopic (exact) mass is 380 g/mol. The summed E-state index contributed by atoms with van der Waals surface area (Å²) in [6.45, 7) is 1.42. The molecule has 0 aliphatic rings. The molecule has 0 unspecified atom stereocenters. The van der Waals surface area contributed by atoms with Crippen molar-refractivity contribution in [3.8, 4) is 0 Å². The summed E-state index contributed by atoms with van der Waals surface area (Å²) in [5.74, 6) is -5.82. The molecule has 9 nitrogen and oxygen atoms in total. The second kappa shape index (κ2) is 10.3. The van der Waals surface area contributed by atoms with Gasteiger partial charge in [0.2, 0.25) is 5.91 Å². The van der Waals surface area contributed by atoms with Crippen molar-refractivity contribution in [2.24, 2.45) is 17.6 Å². The molecule has 1 aromatic rings. The van der Waals surface area contributed by atoms with Crippen LogP contribution in [-0.4, -0.2) is 51.1 Å². The maximum Gasteiger partial charge on any atom is 0.320 e. The lowest BCUT2D eigenvalue weighted by molar-refractivity contribution is -0.162. The number of benzene rings is 1. The Balaban J connectivity index is 3.09. The summed E-state index contributed by atoms with van der Waals surface area (Å²) in [4.78, 5) is 48.5. The van der Waals surface area contributed by atoms with Crippen molar-refractivity contribution < 1.29 is 33.4 Å². The Labute approximate surface area is 157 Å². The lowest BCUT2D eigenvalue weighted by Gasteiger charge is -2.28. The molecular weight excluding hydrogens is 356 g/mol. The fraction of sp³-hybridized carbons (Fsp3) is 0.444. The molecule has 3 atom stereocenters. The number of hydrogen-bond donors (Lipinski definition) is 2. The number of ether oxygens (including phenoxy) is 3. The summed E-state index contributed by atoms with van der Waals surface area (Å²) in [5.41, 5.74) is 5.95. The Kier molecular flexibility index (Phi) is 8.40. The van der Waals surface area contributed by atoms with E-state index in [0.29, 0.717) is 5.56 Å². The first-order valence-corrected chi connectivity index (χ1v) is 8.11. The van der Waals surface area contributed by atoms with Gasteiger partial charge in [0.25, 0.3) is 5.91 Å². The quantitative estimate of drug-likeness (QED) is 0.453. The minimum atomic E-state index is -1.43. The predicted molar refractivity (Wildman–Crippen MR) is 94.0 cm³/mol. The third-order valence-electron chi connectivity index (χ3n) is 4.14. The highest BCUT2D eigenvalue weighted by Gasteiger charge is 2.41. The van der Waals surface area contributed by atoms with Gasteiger partial charge in [0.05, 0.1) is 14.2 Å². The van der Waals surface area contributed by atoms with E-state index in [-0.39, 0.29) is 0 Å². The van der Waals surface area contributed by atoms with Crippen molar-refractivity contribution in [2.75, 3.05) is 21.3 Å². The highest BCUT2D eigenvalue weighted by molar-refractivity contribution is 5.97. The van der Waals surface area contributed by atoms with Crippen LogP contribution in [0.2, 0.25) is 0 Å². The Hall–Kier alpha value is -2.94. The first-order valence-electron chi connectivity index (χ1n) is 8.11. The van der Waals surface area contributed by atoms with Crippen LogP contribution in [0.5, 0.6) is 0 Å².